The van der Waals surface area contributed by atoms with Gasteiger partial charge in [0.1, 0.15) is 6.54 Å². The first-order valence-corrected chi connectivity index (χ1v) is 7.82. The van der Waals surface area contributed by atoms with E-state index in [9.17, 15) is 9.59 Å². The first-order chi connectivity index (χ1) is 10.6. The summed E-state index contributed by atoms with van der Waals surface area (Å²) in [6, 6.07) is 1.82. The number of hydrogen-bond donors (Lipinski definition) is 1. The smallest absolute Gasteiger partial charge is 0.244 e. The minimum Gasteiger partial charge on any atom is -0.356 e. The zero-order valence-electron chi connectivity index (χ0n) is 13.0. The fourth-order valence-corrected chi connectivity index (χ4v) is 3.44. The Hall–Kier alpha value is -1.89. The first-order valence-electron chi connectivity index (χ1n) is 7.82. The number of nitrogens with zero attached hydrogens (tertiary/aromatic N) is 4. The van der Waals surface area contributed by atoms with Crippen LogP contribution in [0.15, 0.2) is 18.5 Å². The van der Waals surface area contributed by atoms with Crippen LogP contribution in [0.5, 0.6) is 0 Å². The molecule has 0 aromatic carbocycles. The fraction of sp³-hybridized carbons (Fsp3) is 0.667. The van der Waals surface area contributed by atoms with Gasteiger partial charge < -0.3 is 10.2 Å². The second-order valence-corrected chi connectivity index (χ2v) is 6.26. The van der Waals surface area contributed by atoms with Crippen molar-refractivity contribution in [1.82, 2.24) is 24.9 Å². The van der Waals surface area contributed by atoms with Crippen LogP contribution in [0.2, 0.25) is 0 Å². The molecule has 22 heavy (non-hydrogen) atoms. The van der Waals surface area contributed by atoms with Crippen molar-refractivity contribution < 1.29 is 9.59 Å². The highest BCUT2D eigenvalue weighted by Gasteiger charge is 2.42. The summed E-state index contributed by atoms with van der Waals surface area (Å²) in [6.45, 7) is 3.24. The zero-order chi connectivity index (χ0) is 15.6. The van der Waals surface area contributed by atoms with Gasteiger partial charge >= 0.3 is 0 Å². The lowest BCUT2D eigenvalue weighted by atomic mass is 9.86. The minimum absolute atomic E-state index is 0.0861. The summed E-state index contributed by atoms with van der Waals surface area (Å²) in [5.74, 6) is 0.213. The van der Waals surface area contributed by atoms with E-state index in [1.807, 2.05) is 11.0 Å². The molecule has 1 unspecified atom stereocenters. The number of amides is 2. The molecule has 2 amide bonds. The standard InChI is InChI=1S/C15H23N5O2/c1-18-9-10-19(14(22)11-20-8-2-6-17-20)12-15(18)4-3-13(21)16-7-5-15/h2,6,8H,3-5,7,9-12H2,1H3,(H,16,21). The van der Waals surface area contributed by atoms with Gasteiger partial charge in [0, 0.05) is 50.5 Å². The molecule has 1 aromatic rings. The van der Waals surface area contributed by atoms with Crippen LogP contribution in [0.4, 0.5) is 0 Å². The fourth-order valence-electron chi connectivity index (χ4n) is 3.44. The van der Waals surface area contributed by atoms with E-state index in [0.717, 1.165) is 25.9 Å². The molecular weight excluding hydrogens is 282 g/mol. The van der Waals surface area contributed by atoms with Crippen molar-refractivity contribution in [2.45, 2.75) is 31.3 Å². The number of carbonyl (C=O) groups is 2. The maximum absolute atomic E-state index is 12.5. The van der Waals surface area contributed by atoms with E-state index in [1.165, 1.54) is 0 Å². The molecule has 1 aromatic heterocycles. The third-order valence-corrected chi connectivity index (χ3v) is 4.94. The Morgan fingerprint density at radius 2 is 2.27 bits per heavy atom. The van der Waals surface area contributed by atoms with Crippen molar-refractivity contribution in [3.8, 4) is 0 Å². The number of piperazine rings is 1. The van der Waals surface area contributed by atoms with Crippen LogP contribution in [0, 0.1) is 0 Å². The monoisotopic (exact) mass is 305 g/mol. The van der Waals surface area contributed by atoms with E-state index in [1.54, 1.807) is 17.1 Å². The summed E-state index contributed by atoms with van der Waals surface area (Å²) in [7, 11) is 2.10. The summed E-state index contributed by atoms with van der Waals surface area (Å²) in [6.07, 6.45) is 5.71. The molecule has 2 aliphatic rings. The third kappa shape index (κ3) is 2.99. The molecule has 1 atom stereocenters. The third-order valence-electron chi connectivity index (χ3n) is 4.94. The lowest BCUT2D eigenvalue weighted by Gasteiger charge is -2.49. The number of likely N-dealkylation sites (N-methyl/N-ethyl adjacent to an activating group) is 1. The quantitative estimate of drug-likeness (QED) is 0.814. The number of carbonyl (C=O) groups excluding carboxylic acids is 2. The van der Waals surface area contributed by atoms with E-state index in [-0.39, 0.29) is 23.9 Å². The highest BCUT2D eigenvalue weighted by Crippen LogP contribution is 2.30. The highest BCUT2D eigenvalue weighted by atomic mass is 16.2. The Bertz CT molecular complexity index is 544. The summed E-state index contributed by atoms with van der Waals surface area (Å²) < 4.78 is 1.66. The Morgan fingerprint density at radius 3 is 3.05 bits per heavy atom. The molecule has 3 rings (SSSR count). The van der Waals surface area contributed by atoms with Gasteiger partial charge in [-0.2, -0.15) is 5.10 Å². The van der Waals surface area contributed by atoms with Crippen molar-refractivity contribution in [2.24, 2.45) is 0 Å². The van der Waals surface area contributed by atoms with Crippen molar-refractivity contribution in [3.63, 3.8) is 0 Å². The normalized spacial score (nSPS) is 26.8. The van der Waals surface area contributed by atoms with Crippen LogP contribution in [-0.2, 0) is 16.1 Å². The van der Waals surface area contributed by atoms with Crippen LogP contribution in [0.1, 0.15) is 19.3 Å². The van der Waals surface area contributed by atoms with Gasteiger partial charge in [0.25, 0.3) is 0 Å². The molecule has 0 aliphatic carbocycles. The second-order valence-electron chi connectivity index (χ2n) is 6.26. The van der Waals surface area contributed by atoms with E-state index >= 15 is 0 Å². The summed E-state index contributed by atoms with van der Waals surface area (Å²) >= 11 is 0. The van der Waals surface area contributed by atoms with Gasteiger partial charge in [0.15, 0.2) is 0 Å². The van der Waals surface area contributed by atoms with Crippen molar-refractivity contribution in [1.29, 1.82) is 0 Å². The van der Waals surface area contributed by atoms with Gasteiger partial charge in [0.05, 0.1) is 0 Å². The van der Waals surface area contributed by atoms with Crippen LogP contribution >= 0.6 is 0 Å². The molecule has 0 saturated carbocycles. The van der Waals surface area contributed by atoms with Crippen molar-refractivity contribution in [3.05, 3.63) is 18.5 Å². The van der Waals surface area contributed by atoms with Gasteiger partial charge in [-0.15, -0.1) is 0 Å². The molecule has 3 heterocycles. The lowest BCUT2D eigenvalue weighted by molar-refractivity contribution is -0.137. The largest absolute Gasteiger partial charge is 0.356 e. The molecule has 2 aliphatic heterocycles. The Labute approximate surface area is 130 Å². The summed E-state index contributed by atoms with van der Waals surface area (Å²) in [5.41, 5.74) is -0.0861. The molecule has 2 saturated heterocycles. The average molecular weight is 305 g/mol. The zero-order valence-corrected chi connectivity index (χ0v) is 13.0. The number of nitrogens with one attached hydrogen (secondary N) is 1. The Balaban J connectivity index is 1.69. The number of hydrogen-bond acceptors (Lipinski definition) is 4. The highest BCUT2D eigenvalue weighted by molar-refractivity contribution is 5.77. The number of rotatable bonds is 2. The van der Waals surface area contributed by atoms with Crippen LogP contribution in [-0.4, -0.2) is 70.2 Å². The van der Waals surface area contributed by atoms with Gasteiger partial charge in [0.2, 0.25) is 11.8 Å². The van der Waals surface area contributed by atoms with Gasteiger partial charge in [-0.3, -0.25) is 19.2 Å². The number of aromatic nitrogens is 2. The van der Waals surface area contributed by atoms with Crippen molar-refractivity contribution >= 4 is 11.8 Å². The molecular formula is C15H23N5O2. The molecule has 7 heteroatoms. The van der Waals surface area contributed by atoms with Gasteiger partial charge in [-0.25, -0.2) is 0 Å². The topological polar surface area (TPSA) is 70.5 Å². The van der Waals surface area contributed by atoms with Gasteiger partial charge in [-0.05, 0) is 26.0 Å². The first kappa shape index (κ1) is 15.0. The van der Waals surface area contributed by atoms with E-state index in [2.05, 4.69) is 22.4 Å². The van der Waals surface area contributed by atoms with Crippen LogP contribution in [0.3, 0.4) is 0 Å². The second kappa shape index (κ2) is 6.08. The van der Waals surface area contributed by atoms with Crippen molar-refractivity contribution in [2.75, 3.05) is 33.2 Å². The minimum atomic E-state index is -0.0861. The molecule has 0 bridgehead atoms. The average Bonchev–Trinajstić information content (AvgIpc) is 2.93. The lowest BCUT2D eigenvalue weighted by Crippen LogP contribution is -2.62. The molecule has 120 valence electrons. The summed E-state index contributed by atoms with van der Waals surface area (Å²) in [4.78, 5) is 28.4. The molecule has 0 radical (unpaired) electrons. The van der Waals surface area contributed by atoms with Gasteiger partial charge in [-0.1, -0.05) is 0 Å². The molecule has 1 spiro atoms. The maximum Gasteiger partial charge on any atom is 0.244 e. The molecule has 1 N–H and O–H groups in total. The predicted molar refractivity (Wildman–Crippen MR) is 81.0 cm³/mol. The van der Waals surface area contributed by atoms with E-state index in [4.69, 9.17) is 0 Å². The molecule has 2 fully saturated rings. The van der Waals surface area contributed by atoms with E-state index in [0.29, 0.717) is 19.5 Å². The molecule has 7 nitrogen and oxygen atoms in total. The van der Waals surface area contributed by atoms with Crippen LogP contribution in [0.25, 0.3) is 0 Å². The predicted octanol–water partition coefficient (Wildman–Crippen LogP) is -0.304. The Morgan fingerprint density at radius 1 is 1.41 bits per heavy atom. The van der Waals surface area contributed by atoms with Crippen LogP contribution < -0.4 is 5.32 Å². The SMILES string of the molecule is CN1CCN(C(=O)Cn2cccn2)CC12CCNC(=O)CC2. The van der Waals surface area contributed by atoms with E-state index < -0.39 is 0 Å². The summed E-state index contributed by atoms with van der Waals surface area (Å²) in [5, 5.41) is 7.03. The maximum atomic E-state index is 12.5. The Kier molecular flexibility index (Phi) is 4.15.